The first-order valence-electron chi connectivity index (χ1n) is 6.51. The summed E-state index contributed by atoms with van der Waals surface area (Å²) in [6, 6.07) is 0.411. The van der Waals surface area contributed by atoms with Crippen molar-refractivity contribution in [2.24, 2.45) is 17.6 Å². The molecule has 0 aromatic carbocycles. The van der Waals surface area contributed by atoms with E-state index in [1.807, 2.05) is 0 Å². The van der Waals surface area contributed by atoms with Gasteiger partial charge in [0, 0.05) is 19.3 Å². The van der Waals surface area contributed by atoms with Gasteiger partial charge in [0.1, 0.15) is 0 Å². The molecule has 1 unspecified atom stereocenters. The van der Waals surface area contributed by atoms with Gasteiger partial charge in [0.2, 0.25) is 0 Å². The molecule has 1 saturated heterocycles. The Bertz CT molecular complexity index is 215. The van der Waals surface area contributed by atoms with Gasteiger partial charge in [0.15, 0.2) is 8.38 Å². The molecule has 0 amide bonds. The normalized spacial score (nSPS) is 41.6. The third kappa shape index (κ3) is 3.16. The van der Waals surface area contributed by atoms with Crippen LogP contribution in [0.3, 0.4) is 0 Å². The van der Waals surface area contributed by atoms with Gasteiger partial charge in [0.25, 0.3) is 0 Å². The molecular weight excluding hydrogens is 221 g/mol. The minimum Gasteiger partial charge on any atom is -0.337 e. The molecule has 16 heavy (non-hydrogen) atoms. The van der Waals surface area contributed by atoms with Crippen LogP contribution in [0, 0.1) is 11.8 Å². The highest BCUT2D eigenvalue weighted by Gasteiger charge is 2.31. The minimum atomic E-state index is -0.599. The zero-order valence-corrected chi connectivity index (χ0v) is 11.1. The summed E-state index contributed by atoms with van der Waals surface area (Å²) < 4.78 is 11.2. The van der Waals surface area contributed by atoms with E-state index in [0.29, 0.717) is 17.9 Å². The van der Waals surface area contributed by atoms with Crippen molar-refractivity contribution in [2.75, 3.05) is 19.9 Å². The van der Waals surface area contributed by atoms with Crippen molar-refractivity contribution in [3.05, 3.63) is 0 Å². The molecule has 0 spiro atoms. The molecule has 94 valence electrons. The van der Waals surface area contributed by atoms with Crippen LogP contribution in [0.5, 0.6) is 0 Å². The van der Waals surface area contributed by atoms with Gasteiger partial charge in [-0.25, -0.2) is 0 Å². The maximum atomic E-state index is 6.25. The molecule has 2 N–H and O–H groups in total. The average Bonchev–Trinajstić information content (AvgIpc) is 2.55. The lowest BCUT2D eigenvalue weighted by Gasteiger charge is -2.34. The van der Waals surface area contributed by atoms with E-state index in [9.17, 15) is 0 Å². The van der Waals surface area contributed by atoms with Crippen molar-refractivity contribution >= 4 is 8.38 Å². The summed E-state index contributed by atoms with van der Waals surface area (Å²) in [6.07, 6.45) is 8.81. The van der Waals surface area contributed by atoms with Crippen molar-refractivity contribution < 1.29 is 9.05 Å². The largest absolute Gasteiger partial charge is 0.337 e. The van der Waals surface area contributed by atoms with E-state index in [2.05, 4.69) is 0 Å². The second-order valence-corrected chi connectivity index (χ2v) is 6.79. The van der Waals surface area contributed by atoms with Gasteiger partial charge < -0.3 is 14.8 Å². The fourth-order valence-corrected chi connectivity index (χ4v) is 4.28. The minimum absolute atomic E-state index is 0.411. The molecule has 0 bridgehead atoms. The molecule has 1 aliphatic heterocycles. The Morgan fingerprint density at radius 2 is 2.00 bits per heavy atom. The van der Waals surface area contributed by atoms with Crippen LogP contribution in [0.15, 0.2) is 0 Å². The van der Waals surface area contributed by atoms with E-state index >= 15 is 0 Å². The van der Waals surface area contributed by atoms with E-state index in [0.717, 1.165) is 12.8 Å². The standard InChI is InChI=1S/C12H24NO2P/c1-14-16-8-4-5-10(9-15-16)11-6-2-3-7-12(11)13/h10-12H,2-9,13H2,1H3/t10-,11-,12-,16?/m1/s1. The maximum absolute atomic E-state index is 6.25. The van der Waals surface area contributed by atoms with Crippen molar-refractivity contribution in [3.8, 4) is 0 Å². The maximum Gasteiger partial charge on any atom is 0.170 e. The van der Waals surface area contributed by atoms with Crippen LogP contribution in [0.25, 0.3) is 0 Å². The van der Waals surface area contributed by atoms with Crippen molar-refractivity contribution in [1.82, 2.24) is 0 Å². The Labute approximate surface area is 100.0 Å². The van der Waals surface area contributed by atoms with Gasteiger partial charge in [-0.05, 0) is 37.5 Å². The zero-order valence-electron chi connectivity index (χ0n) is 10.2. The number of nitrogens with two attached hydrogens (primary N) is 1. The first-order chi connectivity index (χ1) is 7.81. The van der Waals surface area contributed by atoms with Gasteiger partial charge in [-0.2, -0.15) is 0 Å². The number of hydrogen-bond donors (Lipinski definition) is 1. The molecule has 0 radical (unpaired) electrons. The molecule has 0 aromatic rings. The Balaban J connectivity index is 1.88. The average molecular weight is 245 g/mol. The number of hydrogen-bond acceptors (Lipinski definition) is 3. The van der Waals surface area contributed by atoms with Crippen molar-refractivity contribution in [2.45, 2.75) is 44.6 Å². The summed E-state index contributed by atoms with van der Waals surface area (Å²) in [7, 11) is 1.16. The highest BCUT2D eigenvalue weighted by Crippen LogP contribution is 2.44. The van der Waals surface area contributed by atoms with Gasteiger partial charge in [-0.3, -0.25) is 0 Å². The van der Waals surface area contributed by atoms with Gasteiger partial charge in [0.05, 0.1) is 6.61 Å². The summed E-state index contributed by atoms with van der Waals surface area (Å²) >= 11 is 0. The molecule has 1 saturated carbocycles. The number of rotatable bonds is 2. The monoisotopic (exact) mass is 245 g/mol. The Hall–Kier alpha value is 0.310. The summed E-state index contributed by atoms with van der Waals surface area (Å²) in [6.45, 7) is 0.873. The predicted octanol–water partition coefficient (Wildman–Crippen LogP) is 2.89. The quantitative estimate of drug-likeness (QED) is 0.761. The van der Waals surface area contributed by atoms with E-state index in [4.69, 9.17) is 14.8 Å². The molecular formula is C12H24NO2P. The fraction of sp³-hybridized carbons (Fsp3) is 1.00. The van der Waals surface area contributed by atoms with Crippen LogP contribution in [0.2, 0.25) is 0 Å². The van der Waals surface area contributed by atoms with Crippen LogP contribution in [-0.4, -0.2) is 25.9 Å². The topological polar surface area (TPSA) is 44.5 Å². The smallest absolute Gasteiger partial charge is 0.170 e. The Kier molecular flexibility index (Phi) is 5.02. The fourth-order valence-electron chi connectivity index (χ4n) is 3.06. The zero-order chi connectivity index (χ0) is 11.4. The summed E-state index contributed by atoms with van der Waals surface area (Å²) in [5.41, 5.74) is 6.25. The van der Waals surface area contributed by atoms with E-state index in [-0.39, 0.29) is 0 Å². The predicted molar refractivity (Wildman–Crippen MR) is 67.4 cm³/mol. The van der Waals surface area contributed by atoms with Gasteiger partial charge >= 0.3 is 0 Å². The molecule has 2 aliphatic rings. The van der Waals surface area contributed by atoms with E-state index < -0.39 is 8.38 Å². The third-order valence-electron chi connectivity index (χ3n) is 4.03. The van der Waals surface area contributed by atoms with Crippen LogP contribution in [-0.2, 0) is 9.05 Å². The molecule has 1 aliphatic carbocycles. The lowest BCUT2D eigenvalue weighted by atomic mass is 9.75. The highest BCUT2D eigenvalue weighted by atomic mass is 31.2. The van der Waals surface area contributed by atoms with Gasteiger partial charge in [-0.1, -0.05) is 12.8 Å². The third-order valence-corrected chi connectivity index (χ3v) is 5.56. The first-order valence-corrected chi connectivity index (χ1v) is 7.87. The second kappa shape index (κ2) is 6.30. The molecule has 2 fully saturated rings. The summed E-state index contributed by atoms with van der Waals surface area (Å²) in [5, 5.41) is 0. The SMILES string of the molecule is COP1CCC[C@@H]([C@H]2CCCC[C@H]2N)CO1. The lowest BCUT2D eigenvalue weighted by Crippen LogP contribution is -2.38. The van der Waals surface area contributed by atoms with Gasteiger partial charge in [-0.15, -0.1) is 0 Å². The molecule has 2 rings (SSSR count). The Morgan fingerprint density at radius 3 is 2.75 bits per heavy atom. The Morgan fingerprint density at radius 1 is 1.19 bits per heavy atom. The van der Waals surface area contributed by atoms with Crippen molar-refractivity contribution in [1.29, 1.82) is 0 Å². The summed E-state index contributed by atoms with van der Waals surface area (Å²) in [4.78, 5) is 0. The first kappa shape index (κ1) is 12.8. The van der Waals surface area contributed by atoms with Crippen LogP contribution in [0.4, 0.5) is 0 Å². The lowest BCUT2D eigenvalue weighted by molar-refractivity contribution is 0.143. The van der Waals surface area contributed by atoms with Crippen LogP contribution in [0.1, 0.15) is 38.5 Å². The highest BCUT2D eigenvalue weighted by molar-refractivity contribution is 7.47. The second-order valence-electron chi connectivity index (χ2n) is 5.05. The van der Waals surface area contributed by atoms with Crippen molar-refractivity contribution in [3.63, 3.8) is 0 Å². The molecule has 4 heteroatoms. The van der Waals surface area contributed by atoms with Crippen LogP contribution < -0.4 is 5.73 Å². The van der Waals surface area contributed by atoms with E-state index in [1.54, 1.807) is 7.11 Å². The molecule has 1 heterocycles. The summed E-state index contributed by atoms with van der Waals surface area (Å²) in [5.74, 6) is 1.37. The molecule has 4 atom stereocenters. The van der Waals surface area contributed by atoms with Crippen LogP contribution >= 0.6 is 8.38 Å². The molecule has 3 nitrogen and oxygen atoms in total. The molecule has 0 aromatic heterocycles. The van der Waals surface area contributed by atoms with E-state index in [1.165, 1.54) is 38.5 Å².